The first-order chi connectivity index (χ1) is 7.54. The molecule has 1 heterocycles. The summed E-state index contributed by atoms with van der Waals surface area (Å²) in [5.74, 6) is 0.998. The van der Waals surface area contributed by atoms with Gasteiger partial charge in [0.15, 0.2) is 0 Å². The summed E-state index contributed by atoms with van der Waals surface area (Å²) in [6, 6.07) is 6.47. The molecule has 0 aromatic heterocycles. The Kier molecular flexibility index (Phi) is 3.20. The number of benzene rings is 1. The van der Waals surface area contributed by atoms with Crippen molar-refractivity contribution in [3.05, 3.63) is 29.3 Å². The van der Waals surface area contributed by atoms with E-state index >= 15 is 0 Å². The first-order valence-corrected chi connectivity index (χ1v) is 6.00. The topological polar surface area (TPSA) is 21.3 Å². The molecule has 16 heavy (non-hydrogen) atoms. The van der Waals surface area contributed by atoms with Crippen LogP contribution in [0.3, 0.4) is 0 Å². The molecule has 2 heteroatoms. The lowest BCUT2D eigenvalue weighted by atomic mass is 9.98. The van der Waals surface area contributed by atoms with Gasteiger partial charge >= 0.3 is 0 Å². The molecule has 88 valence electrons. The molecule has 0 amide bonds. The second kappa shape index (κ2) is 4.46. The van der Waals surface area contributed by atoms with Gasteiger partial charge in [0.05, 0.1) is 6.61 Å². The van der Waals surface area contributed by atoms with Gasteiger partial charge in [0.25, 0.3) is 0 Å². The lowest BCUT2D eigenvalue weighted by Gasteiger charge is -2.21. The molecule has 0 saturated carbocycles. The van der Waals surface area contributed by atoms with Crippen LogP contribution in [0.5, 0.6) is 5.75 Å². The van der Waals surface area contributed by atoms with Crippen LogP contribution in [0.15, 0.2) is 18.2 Å². The normalized spacial score (nSPS) is 15.7. The van der Waals surface area contributed by atoms with Gasteiger partial charge in [-0.05, 0) is 41.6 Å². The Labute approximate surface area is 98.0 Å². The van der Waals surface area contributed by atoms with Gasteiger partial charge in [0.1, 0.15) is 5.75 Å². The van der Waals surface area contributed by atoms with Crippen molar-refractivity contribution >= 4 is 0 Å². The maximum atomic E-state index is 5.81. The second-order valence-corrected chi connectivity index (χ2v) is 5.71. The van der Waals surface area contributed by atoms with Gasteiger partial charge in [-0.25, -0.2) is 0 Å². The summed E-state index contributed by atoms with van der Waals surface area (Å²) in [7, 11) is 0. The molecular formula is C14H21NO. The lowest BCUT2D eigenvalue weighted by Crippen LogP contribution is -2.23. The highest BCUT2D eigenvalue weighted by atomic mass is 16.5. The summed E-state index contributed by atoms with van der Waals surface area (Å²) in [6.45, 7) is 9.39. The number of fused-ring (bicyclic) bond motifs is 1. The third-order valence-electron chi connectivity index (χ3n) is 2.74. The third-order valence-corrected chi connectivity index (χ3v) is 2.74. The van der Waals surface area contributed by atoms with E-state index in [2.05, 4.69) is 44.3 Å². The predicted octanol–water partition coefficient (Wildman–Crippen LogP) is 2.76. The Hall–Kier alpha value is -1.02. The van der Waals surface area contributed by atoms with Crippen molar-refractivity contribution in [2.24, 2.45) is 5.41 Å². The van der Waals surface area contributed by atoms with Crippen molar-refractivity contribution in [3.8, 4) is 5.75 Å². The van der Waals surface area contributed by atoms with Crippen LogP contribution in [-0.4, -0.2) is 13.2 Å². The molecule has 0 aliphatic carbocycles. The predicted molar refractivity (Wildman–Crippen MR) is 66.8 cm³/mol. The van der Waals surface area contributed by atoms with E-state index in [1.165, 1.54) is 11.1 Å². The van der Waals surface area contributed by atoms with Gasteiger partial charge in [0, 0.05) is 6.54 Å². The van der Waals surface area contributed by atoms with E-state index in [-0.39, 0.29) is 5.41 Å². The minimum absolute atomic E-state index is 0.216. The van der Waals surface area contributed by atoms with Gasteiger partial charge in [-0.2, -0.15) is 0 Å². The van der Waals surface area contributed by atoms with E-state index in [1.807, 2.05) is 0 Å². The molecule has 0 spiro atoms. The molecule has 0 radical (unpaired) electrons. The molecule has 0 atom stereocenters. The fourth-order valence-corrected chi connectivity index (χ4v) is 1.85. The van der Waals surface area contributed by atoms with E-state index in [0.717, 1.165) is 31.9 Å². The summed E-state index contributed by atoms with van der Waals surface area (Å²) in [4.78, 5) is 0. The first-order valence-electron chi connectivity index (χ1n) is 6.00. The maximum Gasteiger partial charge on any atom is 0.119 e. The number of nitrogens with one attached hydrogen (secondary N) is 1. The molecule has 0 saturated heterocycles. The van der Waals surface area contributed by atoms with Crippen LogP contribution in [0.25, 0.3) is 0 Å². The first kappa shape index (κ1) is 11.5. The highest BCUT2D eigenvalue weighted by molar-refractivity contribution is 5.37. The Balaban J connectivity index is 2.06. The molecule has 0 bridgehead atoms. The van der Waals surface area contributed by atoms with Crippen LogP contribution < -0.4 is 10.1 Å². The molecule has 1 aliphatic heterocycles. The van der Waals surface area contributed by atoms with Crippen LogP contribution in [-0.2, 0) is 13.0 Å². The zero-order valence-electron chi connectivity index (χ0n) is 10.5. The molecular weight excluding hydrogens is 198 g/mol. The monoisotopic (exact) mass is 219 g/mol. The van der Waals surface area contributed by atoms with Gasteiger partial charge in [0.2, 0.25) is 0 Å². The standard InChI is InChI=1S/C14H21NO/c1-14(2,3)10-16-13-5-4-11-6-7-15-9-12(11)8-13/h4-5,8,15H,6-7,9-10H2,1-3H3. The van der Waals surface area contributed by atoms with Crippen molar-refractivity contribution < 1.29 is 4.74 Å². The van der Waals surface area contributed by atoms with Crippen LogP contribution in [0, 0.1) is 5.41 Å². The van der Waals surface area contributed by atoms with Crippen LogP contribution in [0.4, 0.5) is 0 Å². The molecule has 0 unspecified atom stereocenters. The fraction of sp³-hybridized carbons (Fsp3) is 0.571. The zero-order valence-corrected chi connectivity index (χ0v) is 10.5. The van der Waals surface area contributed by atoms with E-state index in [9.17, 15) is 0 Å². The Morgan fingerprint density at radius 1 is 1.25 bits per heavy atom. The zero-order chi connectivity index (χ0) is 11.6. The van der Waals surface area contributed by atoms with Crippen LogP contribution in [0.1, 0.15) is 31.9 Å². The summed E-state index contributed by atoms with van der Waals surface area (Å²) < 4.78 is 5.81. The summed E-state index contributed by atoms with van der Waals surface area (Å²) in [6.07, 6.45) is 1.13. The molecule has 0 fully saturated rings. The Morgan fingerprint density at radius 3 is 2.81 bits per heavy atom. The van der Waals surface area contributed by atoms with Crippen LogP contribution in [0.2, 0.25) is 0 Å². The van der Waals surface area contributed by atoms with Gasteiger partial charge in [-0.3, -0.25) is 0 Å². The average Bonchev–Trinajstić information content (AvgIpc) is 2.25. The molecule has 1 aromatic carbocycles. The Bertz CT molecular complexity index is 365. The van der Waals surface area contributed by atoms with Crippen molar-refractivity contribution in [2.75, 3.05) is 13.2 Å². The summed E-state index contributed by atoms with van der Waals surface area (Å²) >= 11 is 0. The van der Waals surface area contributed by atoms with Gasteiger partial charge < -0.3 is 10.1 Å². The summed E-state index contributed by atoms with van der Waals surface area (Å²) in [5, 5.41) is 3.38. The van der Waals surface area contributed by atoms with E-state index in [1.54, 1.807) is 0 Å². The largest absolute Gasteiger partial charge is 0.493 e. The molecule has 1 aliphatic rings. The van der Waals surface area contributed by atoms with Crippen molar-refractivity contribution in [1.82, 2.24) is 5.32 Å². The maximum absolute atomic E-state index is 5.81. The lowest BCUT2D eigenvalue weighted by molar-refractivity contribution is 0.197. The average molecular weight is 219 g/mol. The smallest absolute Gasteiger partial charge is 0.119 e. The highest BCUT2D eigenvalue weighted by Crippen LogP contribution is 2.22. The van der Waals surface area contributed by atoms with E-state index in [4.69, 9.17) is 4.74 Å². The highest BCUT2D eigenvalue weighted by Gasteiger charge is 2.13. The summed E-state index contributed by atoms with van der Waals surface area (Å²) in [5.41, 5.74) is 3.06. The molecule has 2 nitrogen and oxygen atoms in total. The number of ether oxygens (including phenoxy) is 1. The molecule has 1 aromatic rings. The van der Waals surface area contributed by atoms with Crippen molar-refractivity contribution in [3.63, 3.8) is 0 Å². The van der Waals surface area contributed by atoms with Crippen molar-refractivity contribution in [2.45, 2.75) is 33.7 Å². The van der Waals surface area contributed by atoms with E-state index < -0.39 is 0 Å². The minimum Gasteiger partial charge on any atom is -0.493 e. The fourth-order valence-electron chi connectivity index (χ4n) is 1.85. The molecule has 2 rings (SSSR count). The van der Waals surface area contributed by atoms with Gasteiger partial charge in [-0.15, -0.1) is 0 Å². The second-order valence-electron chi connectivity index (χ2n) is 5.71. The number of rotatable bonds is 2. The SMILES string of the molecule is CC(C)(C)COc1ccc2c(c1)CNCC2. The third kappa shape index (κ3) is 2.99. The van der Waals surface area contributed by atoms with Gasteiger partial charge in [-0.1, -0.05) is 26.8 Å². The number of hydrogen-bond acceptors (Lipinski definition) is 2. The van der Waals surface area contributed by atoms with E-state index in [0.29, 0.717) is 0 Å². The quantitative estimate of drug-likeness (QED) is 0.826. The van der Waals surface area contributed by atoms with Crippen LogP contribution >= 0.6 is 0 Å². The molecule has 1 N–H and O–H groups in total. The minimum atomic E-state index is 0.216. The van der Waals surface area contributed by atoms with Crippen molar-refractivity contribution in [1.29, 1.82) is 0 Å². The number of hydrogen-bond donors (Lipinski definition) is 1. The Morgan fingerprint density at radius 2 is 2.06 bits per heavy atom.